The van der Waals surface area contributed by atoms with Crippen LogP contribution >= 0.6 is 0 Å². The summed E-state index contributed by atoms with van der Waals surface area (Å²) in [5.74, 6) is 0.266. The molecule has 0 aliphatic carbocycles. The van der Waals surface area contributed by atoms with Crippen LogP contribution in [0.4, 0.5) is 5.69 Å². The minimum Gasteiger partial charge on any atom is -0.379 e. The number of carbonyl (C=O) groups is 3. The SMILES string of the molecule is CC(=O)Nc1ccc(C2=C(N3CC(C)CC(C)C3)C(=O)N(CCCOC(C)C)C2=O)cc1. The summed E-state index contributed by atoms with van der Waals surface area (Å²) in [6.07, 6.45) is 1.83. The van der Waals surface area contributed by atoms with E-state index in [2.05, 4.69) is 24.1 Å². The van der Waals surface area contributed by atoms with Gasteiger partial charge in [-0.2, -0.15) is 0 Å². The van der Waals surface area contributed by atoms with E-state index in [1.54, 1.807) is 24.3 Å². The molecule has 2 aliphatic heterocycles. The predicted molar refractivity (Wildman–Crippen MR) is 125 cm³/mol. The molecule has 2 unspecified atom stereocenters. The lowest BCUT2D eigenvalue weighted by atomic mass is 9.91. The van der Waals surface area contributed by atoms with Crippen molar-refractivity contribution in [3.63, 3.8) is 0 Å². The Labute approximate surface area is 190 Å². The molecule has 2 heterocycles. The van der Waals surface area contributed by atoms with Gasteiger partial charge >= 0.3 is 0 Å². The number of imide groups is 1. The highest BCUT2D eigenvalue weighted by Gasteiger charge is 2.42. The van der Waals surface area contributed by atoms with Gasteiger partial charge in [-0.1, -0.05) is 26.0 Å². The van der Waals surface area contributed by atoms with Gasteiger partial charge in [0.15, 0.2) is 0 Å². The van der Waals surface area contributed by atoms with Gasteiger partial charge in [0.05, 0.1) is 11.7 Å². The lowest BCUT2D eigenvalue weighted by Gasteiger charge is -2.37. The van der Waals surface area contributed by atoms with Crippen LogP contribution in [0.3, 0.4) is 0 Å². The topological polar surface area (TPSA) is 79.0 Å². The van der Waals surface area contributed by atoms with Gasteiger partial charge in [-0.3, -0.25) is 19.3 Å². The van der Waals surface area contributed by atoms with Gasteiger partial charge in [-0.15, -0.1) is 0 Å². The molecule has 0 bridgehead atoms. The number of benzene rings is 1. The molecule has 1 N–H and O–H groups in total. The maximum absolute atomic E-state index is 13.5. The largest absolute Gasteiger partial charge is 0.379 e. The predicted octanol–water partition coefficient (Wildman–Crippen LogP) is 3.52. The molecule has 7 heteroatoms. The second kappa shape index (κ2) is 10.3. The average Bonchev–Trinajstić information content (AvgIpc) is 2.95. The zero-order chi connectivity index (χ0) is 23.4. The van der Waals surface area contributed by atoms with Gasteiger partial charge in [0.2, 0.25) is 5.91 Å². The molecular weight excluding hydrogens is 406 g/mol. The van der Waals surface area contributed by atoms with E-state index < -0.39 is 0 Å². The second-order valence-corrected chi connectivity index (χ2v) is 9.37. The summed E-state index contributed by atoms with van der Waals surface area (Å²) in [6.45, 7) is 12.1. The number of rotatable bonds is 8. The van der Waals surface area contributed by atoms with Crippen LogP contribution in [0.2, 0.25) is 0 Å². The number of hydrogen-bond donors (Lipinski definition) is 1. The molecule has 0 radical (unpaired) electrons. The number of amides is 3. The first-order valence-corrected chi connectivity index (χ1v) is 11.5. The number of ether oxygens (including phenoxy) is 1. The molecule has 3 amide bonds. The Morgan fingerprint density at radius 3 is 2.28 bits per heavy atom. The minimum atomic E-state index is -0.257. The average molecular weight is 442 g/mol. The fourth-order valence-electron chi connectivity index (χ4n) is 4.63. The highest BCUT2D eigenvalue weighted by atomic mass is 16.5. The van der Waals surface area contributed by atoms with Crippen LogP contribution in [-0.2, 0) is 19.1 Å². The van der Waals surface area contributed by atoms with E-state index in [0.717, 1.165) is 19.5 Å². The summed E-state index contributed by atoms with van der Waals surface area (Å²) in [5.41, 5.74) is 2.31. The van der Waals surface area contributed by atoms with Gasteiger partial charge in [0, 0.05) is 38.9 Å². The zero-order valence-electron chi connectivity index (χ0n) is 19.8. The number of likely N-dealkylation sites (tertiary alicyclic amines) is 1. The summed E-state index contributed by atoms with van der Waals surface area (Å²) < 4.78 is 5.59. The Balaban J connectivity index is 1.91. The molecule has 2 aliphatic rings. The number of piperidine rings is 1. The van der Waals surface area contributed by atoms with Crippen LogP contribution in [0.15, 0.2) is 30.0 Å². The Morgan fingerprint density at radius 1 is 1.09 bits per heavy atom. The summed E-state index contributed by atoms with van der Waals surface area (Å²) in [7, 11) is 0. The lowest BCUT2D eigenvalue weighted by molar-refractivity contribution is -0.138. The quantitative estimate of drug-likeness (QED) is 0.493. The van der Waals surface area contributed by atoms with E-state index in [0.29, 0.717) is 53.9 Å². The third kappa shape index (κ3) is 5.57. The molecular formula is C25H35N3O4. The Kier molecular flexibility index (Phi) is 7.72. The smallest absolute Gasteiger partial charge is 0.277 e. The minimum absolute atomic E-state index is 0.114. The van der Waals surface area contributed by atoms with Crippen LogP contribution in [-0.4, -0.2) is 59.9 Å². The van der Waals surface area contributed by atoms with Gasteiger partial charge in [0.1, 0.15) is 5.70 Å². The van der Waals surface area contributed by atoms with Crippen LogP contribution in [0.1, 0.15) is 53.0 Å². The molecule has 0 aromatic heterocycles. The molecule has 7 nitrogen and oxygen atoms in total. The lowest BCUT2D eigenvalue weighted by Crippen LogP contribution is -2.42. The van der Waals surface area contributed by atoms with E-state index >= 15 is 0 Å². The number of anilines is 1. The maximum atomic E-state index is 13.5. The highest BCUT2D eigenvalue weighted by Crippen LogP contribution is 2.35. The maximum Gasteiger partial charge on any atom is 0.277 e. The molecule has 3 rings (SSSR count). The normalized spacial score (nSPS) is 21.7. The Bertz CT molecular complexity index is 881. The zero-order valence-corrected chi connectivity index (χ0v) is 19.8. The molecule has 2 atom stereocenters. The van der Waals surface area contributed by atoms with E-state index in [1.165, 1.54) is 11.8 Å². The standard InChI is InChI=1S/C25H35N3O4/c1-16(2)32-12-6-11-28-24(30)22(20-7-9-21(10-8-20)26-19(5)29)23(25(28)31)27-14-17(3)13-18(4)15-27/h7-10,16-18H,6,11-15H2,1-5H3,(H,26,29). The van der Waals surface area contributed by atoms with Gasteiger partial charge in [-0.25, -0.2) is 0 Å². The van der Waals surface area contributed by atoms with Crippen LogP contribution in [0.25, 0.3) is 5.57 Å². The first kappa shape index (κ1) is 24.0. The van der Waals surface area contributed by atoms with Crippen molar-refractivity contribution in [2.75, 3.05) is 31.6 Å². The van der Waals surface area contributed by atoms with Gasteiger partial charge in [-0.05, 0) is 56.2 Å². The van der Waals surface area contributed by atoms with Crippen molar-refractivity contribution in [2.45, 2.75) is 53.6 Å². The highest BCUT2D eigenvalue weighted by molar-refractivity contribution is 6.35. The van der Waals surface area contributed by atoms with Gasteiger partial charge in [0.25, 0.3) is 11.8 Å². The van der Waals surface area contributed by atoms with Crippen LogP contribution in [0, 0.1) is 11.8 Å². The molecule has 1 aromatic rings. The van der Waals surface area contributed by atoms with Crippen molar-refractivity contribution in [3.05, 3.63) is 35.5 Å². The second-order valence-electron chi connectivity index (χ2n) is 9.37. The van der Waals surface area contributed by atoms with E-state index in [1.807, 2.05) is 13.8 Å². The molecule has 1 aromatic carbocycles. The van der Waals surface area contributed by atoms with Crippen molar-refractivity contribution < 1.29 is 19.1 Å². The first-order chi connectivity index (χ1) is 15.2. The molecule has 32 heavy (non-hydrogen) atoms. The van der Waals surface area contributed by atoms with Crippen LogP contribution in [0.5, 0.6) is 0 Å². The summed E-state index contributed by atoms with van der Waals surface area (Å²) in [6, 6.07) is 7.13. The van der Waals surface area contributed by atoms with Crippen LogP contribution < -0.4 is 5.32 Å². The summed E-state index contributed by atoms with van der Waals surface area (Å²) >= 11 is 0. The molecule has 174 valence electrons. The molecule has 0 spiro atoms. The number of carbonyl (C=O) groups excluding carboxylic acids is 3. The summed E-state index contributed by atoms with van der Waals surface area (Å²) in [5, 5.41) is 2.74. The van der Waals surface area contributed by atoms with E-state index in [4.69, 9.17) is 4.74 Å². The molecule has 0 saturated carbocycles. The number of hydrogen-bond acceptors (Lipinski definition) is 5. The van der Waals surface area contributed by atoms with Crippen molar-refractivity contribution in [2.24, 2.45) is 11.8 Å². The van der Waals surface area contributed by atoms with E-state index in [9.17, 15) is 14.4 Å². The van der Waals surface area contributed by atoms with Crippen molar-refractivity contribution >= 4 is 29.0 Å². The monoisotopic (exact) mass is 441 g/mol. The Morgan fingerprint density at radius 2 is 1.72 bits per heavy atom. The third-order valence-electron chi connectivity index (χ3n) is 5.80. The van der Waals surface area contributed by atoms with Crippen molar-refractivity contribution in [1.29, 1.82) is 0 Å². The first-order valence-electron chi connectivity index (χ1n) is 11.5. The summed E-state index contributed by atoms with van der Waals surface area (Å²) in [4.78, 5) is 41.7. The fourth-order valence-corrected chi connectivity index (χ4v) is 4.63. The Hall–Kier alpha value is -2.67. The molecule has 1 fully saturated rings. The fraction of sp³-hybridized carbons (Fsp3) is 0.560. The van der Waals surface area contributed by atoms with Crippen molar-refractivity contribution in [3.8, 4) is 0 Å². The van der Waals surface area contributed by atoms with E-state index in [-0.39, 0.29) is 23.8 Å². The van der Waals surface area contributed by atoms with Crippen molar-refractivity contribution in [1.82, 2.24) is 9.80 Å². The third-order valence-corrected chi connectivity index (χ3v) is 5.80. The number of nitrogens with zero attached hydrogens (tertiary/aromatic N) is 2. The molecule has 1 saturated heterocycles. The van der Waals surface area contributed by atoms with Gasteiger partial charge < -0.3 is 15.0 Å². The number of nitrogens with one attached hydrogen (secondary N) is 1.